The highest BCUT2D eigenvalue weighted by Gasteiger charge is 2.30. The van der Waals surface area contributed by atoms with Crippen LogP contribution in [0.4, 0.5) is 13.2 Å². The van der Waals surface area contributed by atoms with Crippen LogP contribution in [-0.4, -0.2) is 20.2 Å². The van der Waals surface area contributed by atoms with Gasteiger partial charge in [0, 0.05) is 6.04 Å². The zero-order valence-electron chi connectivity index (χ0n) is 10.4. The molecule has 1 aromatic rings. The second-order valence-corrected chi connectivity index (χ2v) is 6.74. The third kappa shape index (κ3) is 5.61. The summed E-state index contributed by atoms with van der Waals surface area (Å²) >= 11 is 0. The minimum Gasteiger partial charge on any atom is -0.328 e. The first kappa shape index (κ1) is 16.0. The molecule has 0 saturated heterocycles. The molecule has 0 fully saturated rings. The number of sulfone groups is 1. The fraction of sp³-hybridized carbons (Fsp3) is 0.500. The maximum atomic E-state index is 12.5. The lowest BCUT2D eigenvalue weighted by atomic mass is 10.1. The lowest BCUT2D eigenvalue weighted by Crippen LogP contribution is -2.20. The Morgan fingerprint density at radius 1 is 1.32 bits per heavy atom. The van der Waals surface area contributed by atoms with Gasteiger partial charge >= 0.3 is 6.18 Å². The number of nitrogens with two attached hydrogens (primary N) is 1. The third-order valence-corrected chi connectivity index (χ3v) is 4.16. The van der Waals surface area contributed by atoms with Crippen molar-refractivity contribution in [1.29, 1.82) is 0 Å². The van der Waals surface area contributed by atoms with Crippen molar-refractivity contribution in [3.05, 3.63) is 35.4 Å². The van der Waals surface area contributed by atoms with E-state index in [4.69, 9.17) is 5.73 Å². The molecule has 2 N–H and O–H groups in total. The zero-order chi connectivity index (χ0) is 14.7. The van der Waals surface area contributed by atoms with Crippen LogP contribution in [0.2, 0.25) is 0 Å². The van der Waals surface area contributed by atoms with E-state index in [2.05, 4.69) is 0 Å². The van der Waals surface area contributed by atoms with E-state index in [-0.39, 0.29) is 17.4 Å². The molecule has 1 aromatic carbocycles. The number of halogens is 3. The van der Waals surface area contributed by atoms with E-state index in [1.807, 2.05) is 0 Å². The number of rotatable bonds is 5. The summed E-state index contributed by atoms with van der Waals surface area (Å²) in [6, 6.07) is 4.11. The summed E-state index contributed by atoms with van der Waals surface area (Å²) in [7, 11) is -3.44. The van der Waals surface area contributed by atoms with Gasteiger partial charge in [0.15, 0.2) is 9.84 Å². The van der Waals surface area contributed by atoms with Gasteiger partial charge in [0.25, 0.3) is 0 Å². The first-order valence-corrected chi connectivity index (χ1v) is 7.54. The van der Waals surface area contributed by atoms with Crippen molar-refractivity contribution in [2.75, 3.05) is 5.75 Å². The molecule has 0 aliphatic rings. The Balaban J connectivity index is 2.83. The molecular weight excluding hydrogens is 279 g/mol. The van der Waals surface area contributed by atoms with Gasteiger partial charge < -0.3 is 5.73 Å². The summed E-state index contributed by atoms with van der Waals surface area (Å²) in [5, 5.41) is 0. The summed E-state index contributed by atoms with van der Waals surface area (Å²) in [6.45, 7) is 1.68. The molecule has 0 aliphatic carbocycles. The molecule has 0 bridgehead atoms. The van der Waals surface area contributed by atoms with E-state index in [0.717, 1.165) is 12.1 Å². The van der Waals surface area contributed by atoms with E-state index >= 15 is 0 Å². The van der Waals surface area contributed by atoms with Gasteiger partial charge in [-0.1, -0.05) is 18.2 Å². The largest absolute Gasteiger partial charge is 0.416 e. The van der Waals surface area contributed by atoms with E-state index in [0.29, 0.717) is 6.42 Å². The molecule has 1 atom stereocenters. The minimum atomic E-state index is -4.47. The van der Waals surface area contributed by atoms with E-state index in [1.165, 1.54) is 12.1 Å². The van der Waals surface area contributed by atoms with Crippen molar-refractivity contribution in [1.82, 2.24) is 0 Å². The smallest absolute Gasteiger partial charge is 0.328 e. The fourth-order valence-corrected chi connectivity index (χ4v) is 3.09. The number of hydrogen-bond donors (Lipinski definition) is 1. The molecular formula is C12H16F3NO2S. The lowest BCUT2D eigenvalue weighted by molar-refractivity contribution is -0.137. The van der Waals surface area contributed by atoms with Crippen molar-refractivity contribution >= 4 is 9.84 Å². The summed E-state index contributed by atoms with van der Waals surface area (Å²) in [5.74, 6) is -0.523. The van der Waals surface area contributed by atoms with Crippen molar-refractivity contribution in [3.63, 3.8) is 0 Å². The predicted molar refractivity (Wildman–Crippen MR) is 67.2 cm³/mol. The average molecular weight is 295 g/mol. The number of benzene rings is 1. The minimum absolute atomic E-state index is 0.124. The number of hydrogen-bond acceptors (Lipinski definition) is 3. The molecule has 0 aromatic heterocycles. The zero-order valence-corrected chi connectivity index (χ0v) is 11.3. The van der Waals surface area contributed by atoms with Crippen LogP contribution in [0.15, 0.2) is 24.3 Å². The standard InChI is InChI=1S/C12H16F3NO2S/c1-9(16)5-6-19(17,18)8-10-3-2-4-11(7-10)12(13,14)15/h2-4,7,9H,5-6,8,16H2,1H3. The van der Waals surface area contributed by atoms with Gasteiger partial charge in [0.1, 0.15) is 0 Å². The van der Waals surface area contributed by atoms with Crippen LogP contribution in [0.1, 0.15) is 24.5 Å². The van der Waals surface area contributed by atoms with Crippen molar-refractivity contribution in [3.8, 4) is 0 Å². The molecule has 1 rings (SSSR count). The highest BCUT2D eigenvalue weighted by Crippen LogP contribution is 2.29. The van der Waals surface area contributed by atoms with Crippen LogP contribution in [0.3, 0.4) is 0 Å². The highest BCUT2D eigenvalue weighted by molar-refractivity contribution is 7.90. The van der Waals surface area contributed by atoms with Gasteiger partial charge in [0.2, 0.25) is 0 Å². The molecule has 0 radical (unpaired) electrons. The molecule has 0 heterocycles. The Morgan fingerprint density at radius 3 is 2.47 bits per heavy atom. The molecule has 0 saturated carbocycles. The molecule has 3 nitrogen and oxygen atoms in total. The van der Waals surface area contributed by atoms with Crippen molar-refractivity contribution in [2.24, 2.45) is 5.73 Å². The van der Waals surface area contributed by atoms with Crippen LogP contribution in [0, 0.1) is 0 Å². The molecule has 1 unspecified atom stereocenters. The lowest BCUT2D eigenvalue weighted by Gasteiger charge is -2.10. The topological polar surface area (TPSA) is 60.2 Å². The van der Waals surface area contributed by atoms with Crippen molar-refractivity contribution < 1.29 is 21.6 Å². The Kier molecular flexibility index (Phi) is 4.98. The van der Waals surface area contributed by atoms with E-state index in [9.17, 15) is 21.6 Å². The van der Waals surface area contributed by atoms with Gasteiger partial charge in [-0.2, -0.15) is 13.2 Å². The van der Waals surface area contributed by atoms with Crippen LogP contribution >= 0.6 is 0 Å². The average Bonchev–Trinajstić information content (AvgIpc) is 2.25. The van der Waals surface area contributed by atoms with Crippen LogP contribution in [0.25, 0.3) is 0 Å². The van der Waals surface area contributed by atoms with E-state index in [1.54, 1.807) is 6.92 Å². The van der Waals surface area contributed by atoms with Crippen LogP contribution in [-0.2, 0) is 21.8 Å². The maximum Gasteiger partial charge on any atom is 0.416 e. The van der Waals surface area contributed by atoms with Gasteiger partial charge in [-0.3, -0.25) is 0 Å². The second-order valence-electron chi connectivity index (χ2n) is 4.56. The Hall–Kier alpha value is -1.08. The normalized spacial score (nSPS) is 14.4. The summed E-state index contributed by atoms with van der Waals surface area (Å²) in [4.78, 5) is 0. The molecule has 0 spiro atoms. The number of alkyl halides is 3. The molecule has 0 aliphatic heterocycles. The van der Waals surface area contributed by atoms with Gasteiger partial charge in [-0.15, -0.1) is 0 Å². The first-order valence-electron chi connectivity index (χ1n) is 5.72. The van der Waals surface area contributed by atoms with Crippen molar-refractivity contribution in [2.45, 2.75) is 31.3 Å². The fourth-order valence-electron chi connectivity index (χ4n) is 1.53. The molecule has 0 amide bonds. The summed E-state index contributed by atoms with van der Waals surface area (Å²) in [5.41, 5.74) is 4.76. The van der Waals surface area contributed by atoms with E-state index < -0.39 is 27.3 Å². The van der Waals surface area contributed by atoms with Gasteiger partial charge in [-0.05, 0) is 25.0 Å². The second kappa shape index (κ2) is 5.92. The Morgan fingerprint density at radius 2 is 1.95 bits per heavy atom. The van der Waals surface area contributed by atoms with Crippen LogP contribution in [0.5, 0.6) is 0 Å². The molecule has 19 heavy (non-hydrogen) atoms. The highest BCUT2D eigenvalue weighted by atomic mass is 32.2. The molecule has 108 valence electrons. The predicted octanol–water partition coefficient (Wildman–Crippen LogP) is 2.36. The Bertz CT molecular complexity index is 524. The molecule has 7 heteroatoms. The first-order chi connectivity index (χ1) is 8.60. The van der Waals surface area contributed by atoms with Gasteiger partial charge in [0.05, 0.1) is 17.1 Å². The SMILES string of the molecule is CC(N)CCS(=O)(=O)Cc1cccc(C(F)(F)F)c1. The van der Waals surface area contributed by atoms with Gasteiger partial charge in [-0.25, -0.2) is 8.42 Å². The summed E-state index contributed by atoms with van der Waals surface area (Å²) < 4.78 is 60.9. The quantitative estimate of drug-likeness (QED) is 0.907. The monoisotopic (exact) mass is 295 g/mol. The summed E-state index contributed by atoms with van der Waals surface area (Å²) in [6.07, 6.45) is -4.17. The van der Waals surface area contributed by atoms with Crippen LogP contribution < -0.4 is 5.73 Å². The maximum absolute atomic E-state index is 12.5. The third-order valence-electron chi connectivity index (χ3n) is 2.53. The Labute approximate surface area is 110 Å².